The third kappa shape index (κ3) is 5.46. The number of hydrogen-bond acceptors (Lipinski definition) is 5. The fourth-order valence-electron chi connectivity index (χ4n) is 3.28. The number of amides is 1. The van der Waals surface area contributed by atoms with Crippen LogP contribution in [0.5, 0.6) is 0 Å². The van der Waals surface area contributed by atoms with Crippen LogP contribution in [-0.2, 0) is 26.3 Å². The van der Waals surface area contributed by atoms with Gasteiger partial charge in [-0.15, -0.1) is 0 Å². The zero-order valence-electron chi connectivity index (χ0n) is 17.1. The number of benzene rings is 2. The van der Waals surface area contributed by atoms with Crippen LogP contribution < -0.4 is 5.32 Å². The zero-order valence-corrected chi connectivity index (χ0v) is 17.9. The molecule has 31 heavy (non-hydrogen) atoms. The second-order valence-electron chi connectivity index (χ2n) is 6.93. The smallest absolute Gasteiger partial charge is 0.340 e. The molecule has 0 bridgehead atoms. The molecular formula is C21H24FN3O5S. The van der Waals surface area contributed by atoms with Gasteiger partial charge in [0.05, 0.1) is 24.4 Å². The molecule has 0 atom stereocenters. The summed E-state index contributed by atoms with van der Waals surface area (Å²) in [6.07, 6.45) is 0.500. The van der Waals surface area contributed by atoms with E-state index in [1.165, 1.54) is 24.3 Å². The molecule has 166 valence electrons. The minimum Gasteiger partial charge on any atom is -0.462 e. The van der Waals surface area contributed by atoms with Crippen molar-refractivity contribution in [2.75, 3.05) is 31.6 Å². The van der Waals surface area contributed by atoms with E-state index in [0.29, 0.717) is 6.42 Å². The summed E-state index contributed by atoms with van der Waals surface area (Å²) in [6.45, 7) is 1.73. The molecule has 1 aliphatic rings. The number of nitrogens with one attached hydrogen (secondary N) is 1. The molecule has 2 aromatic carbocycles. The highest BCUT2D eigenvalue weighted by molar-refractivity contribution is 7.86. The van der Waals surface area contributed by atoms with Gasteiger partial charge in [0.1, 0.15) is 5.82 Å². The Kier molecular flexibility index (Phi) is 7.37. The molecule has 10 heteroatoms. The Morgan fingerprint density at radius 2 is 1.74 bits per heavy atom. The number of esters is 1. The van der Waals surface area contributed by atoms with Gasteiger partial charge in [0, 0.05) is 25.2 Å². The van der Waals surface area contributed by atoms with Crippen molar-refractivity contribution in [1.82, 2.24) is 8.61 Å². The van der Waals surface area contributed by atoms with E-state index in [1.54, 1.807) is 31.2 Å². The van der Waals surface area contributed by atoms with Crippen molar-refractivity contribution in [3.05, 3.63) is 65.5 Å². The Morgan fingerprint density at radius 3 is 2.48 bits per heavy atom. The SMILES string of the molecule is CCOC(=O)c1ccccc1NC(=O)CN1CCCN(Cc2ccccc2F)S1(=O)=O. The van der Waals surface area contributed by atoms with Crippen LogP contribution in [0, 0.1) is 5.82 Å². The van der Waals surface area contributed by atoms with E-state index in [2.05, 4.69) is 5.32 Å². The second-order valence-corrected chi connectivity index (χ2v) is 8.86. The molecular weight excluding hydrogens is 425 g/mol. The van der Waals surface area contributed by atoms with Gasteiger partial charge in [-0.25, -0.2) is 9.18 Å². The minimum atomic E-state index is -3.95. The first-order valence-electron chi connectivity index (χ1n) is 9.87. The maximum atomic E-state index is 14.0. The molecule has 0 aromatic heterocycles. The maximum absolute atomic E-state index is 14.0. The van der Waals surface area contributed by atoms with E-state index in [0.717, 1.165) is 8.61 Å². The highest BCUT2D eigenvalue weighted by atomic mass is 32.2. The number of hydrogen-bond donors (Lipinski definition) is 1. The van der Waals surface area contributed by atoms with Gasteiger partial charge in [-0.1, -0.05) is 30.3 Å². The fraction of sp³-hybridized carbons (Fsp3) is 0.333. The van der Waals surface area contributed by atoms with E-state index < -0.39 is 34.4 Å². The lowest BCUT2D eigenvalue weighted by Gasteiger charge is -2.34. The Morgan fingerprint density at radius 1 is 1.06 bits per heavy atom. The number of nitrogens with zero attached hydrogens (tertiary/aromatic N) is 2. The van der Waals surface area contributed by atoms with Crippen LogP contribution in [0.3, 0.4) is 0 Å². The number of para-hydroxylation sites is 1. The third-order valence-electron chi connectivity index (χ3n) is 4.79. The topological polar surface area (TPSA) is 96.0 Å². The first-order chi connectivity index (χ1) is 14.8. The first-order valence-corrected chi connectivity index (χ1v) is 11.3. The van der Waals surface area contributed by atoms with Crippen LogP contribution in [0.15, 0.2) is 48.5 Å². The molecule has 1 heterocycles. The average Bonchev–Trinajstić information content (AvgIpc) is 2.73. The molecule has 0 radical (unpaired) electrons. The lowest BCUT2D eigenvalue weighted by atomic mass is 10.2. The van der Waals surface area contributed by atoms with Crippen molar-refractivity contribution in [3.8, 4) is 0 Å². The lowest BCUT2D eigenvalue weighted by Crippen LogP contribution is -2.51. The minimum absolute atomic E-state index is 0.112. The van der Waals surface area contributed by atoms with Gasteiger partial charge >= 0.3 is 5.97 Å². The van der Waals surface area contributed by atoms with Gasteiger partial charge in [0.25, 0.3) is 10.2 Å². The quantitative estimate of drug-likeness (QED) is 0.655. The summed E-state index contributed by atoms with van der Waals surface area (Å²) in [5.41, 5.74) is 0.685. The van der Waals surface area contributed by atoms with Gasteiger partial charge in [-0.3, -0.25) is 4.79 Å². The van der Waals surface area contributed by atoms with E-state index in [9.17, 15) is 22.4 Å². The molecule has 8 nitrogen and oxygen atoms in total. The number of carbonyl (C=O) groups excluding carboxylic acids is 2. The summed E-state index contributed by atoms with van der Waals surface area (Å²) in [6, 6.07) is 12.3. The van der Waals surface area contributed by atoms with Crippen LogP contribution in [-0.4, -0.2) is 55.1 Å². The van der Waals surface area contributed by atoms with E-state index in [1.807, 2.05) is 0 Å². The van der Waals surface area contributed by atoms with E-state index >= 15 is 0 Å². The van der Waals surface area contributed by atoms with Crippen molar-refractivity contribution in [1.29, 1.82) is 0 Å². The molecule has 1 fully saturated rings. The van der Waals surface area contributed by atoms with Crippen LogP contribution in [0.2, 0.25) is 0 Å². The predicted octanol–water partition coefficient (Wildman–Crippen LogP) is 2.39. The summed E-state index contributed by atoms with van der Waals surface area (Å²) in [4.78, 5) is 24.6. The number of anilines is 1. The Bertz CT molecular complexity index is 1060. The monoisotopic (exact) mass is 449 g/mol. The molecule has 3 rings (SSSR count). The highest BCUT2D eigenvalue weighted by Gasteiger charge is 2.35. The predicted molar refractivity (Wildman–Crippen MR) is 113 cm³/mol. The maximum Gasteiger partial charge on any atom is 0.340 e. The number of carbonyl (C=O) groups is 2. The summed E-state index contributed by atoms with van der Waals surface area (Å²) in [7, 11) is -3.95. The average molecular weight is 450 g/mol. The number of rotatable bonds is 7. The fourth-order valence-corrected chi connectivity index (χ4v) is 4.91. The lowest BCUT2D eigenvalue weighted by molar-refractivity contribution is -0.116. The second kappa shape index (κ2) is 9.99. The third-order valence-corrected chi connectivity index (χ3v) is 6.72. The molecule has 0 saturated carbocycles. The number of ether oxygens (including phenoxy) is 1. The molecule has 1 amide bonds. The summed E-state index contributed by atoms with van der Waals surface area (Å²) >= 11 is 0. The van der Waals surface area contributed by atoms with Crippen LogP contribution in [0.25, 0.3) is 0 Å². The van der Waals surface area contributed by atoms with E-state index in [-0.39, 0.29) is 43.1 Å². The van der Waals surface area contributed by atoms with Crippen molar-refractivity contribution >= 4 is 27.8 Å². The Balaban J connectivity index is 1.70. The highest BCUT2D eigenvalue weighted by Crippen LogP contribution is 2.21. The van der Waals surface area contributed by atoms with Crippen molar-refractivity contribution < 1.29 is 27.1 Å². The van der Waals surface area contributed by atoms with E-state index in [4.69, 9.17) is 4.74 Å². The van der Waals surface area contributed by atoms with Crippen LogP contribution >= 0.6 is 0 Å². The molecule has 0 aliphatic carbocycles. The van der Waals surface area contributed by atoms with Gasteiger partial charge in [0.2, 0.25) is 5.91 Å². The molecule has 0 spiro atoms. The number of halogens is 1. The molecule has 1 saturated heterocycles. The molecule has 1 aliphatic heterocycles. The van der Waals surface area contributed by atoms with Gasteiger partial charge in [-0.2, -0.15) is 17.0 Å². The van der Waals surface area contributed by atoms with Gasteiger partial charge in [-0.05, 0) is 31.5 Å². The summed E-state index contributed by atoms with van der Waals surface area (Å²) < 4.78 is 47.1. The van der Waals surface area contributed by atoms with Crippen molar-refractivity contribution in [2.24, 2.45) is 0 Å². The first kappa shape index (κ1) is 22.9. The van der Waals surface area contributed by atoms with Crippen molar-refractivity contribution in [3.63, 3.8) is 0 Å². The Hall–Kier alpha value is -2.82. The standard InChI is InChI=1S/C21H24FN3O5S/c1-2-30-21(27)17-9-4-6-11-19(17)23-20(26)15-25-13-7-12-24(31(25,28)29)14-16-8-3-5-10-18(16)22/h3-6,8-11H,2,7,12-15H2,1H3,(H,23,26). The van der Waals surface area contributed by atoms with Crippen LogP contribution in [0.1, 0.15) is 29.3 Å². The normalized spacial score (nSPS) is 16.6. The van der Waals surface area contributed by atoms with Crippen molar-refractivity contribution in [2.45, 2.75) is 19.9 Å². The molecule has 0 unspecified atom stereocenters. The molecule has 2 aromatic rings. The zero-order chi connectivity index (χ0) is 22.4. The summed E-state index contributed by atoms with van der Waals surface area (Å²) in [5, 5.41) is 2.58. The van der Waals surface area contributed by atoms with Gasteiger partial charge < -0.3 is 10.1 Å². The van der Waals surface area contributed by atoms with Crippen LogP contribution in [0.4, 0.5) is 10.1 Å². The van der Waals surface area contributed by atoms with Gasteiger partial charge in [0.15, 0.2) is 0 Å². The Labute approximate surface area is 180 Å². The molecule has 1 N–H and O–H groups in total. The summed E-state index contributed by atoms with van der Waals surface area (Å²) in [5.74, 6) is -1.66. The largest absolute Gasteiger partial charge is 0.462 e.